The molecule has 120 valence electrons. The molecule has 5 nitrogen and oxygen atoms in total. The first-order valence-corrected chi connectivity index (χ1v) is 8.77. The number of aryl methyl sites for hydroxylation is 1. The molecule has 6 heteroatoms. The second-order valence-corrected chi connectivity index (χ2v) is 7.12. The molecule has 1 aromatic heterocycles. The van der Waals surface area contributed by atoms with Gasteiger partial charge in [-0.2, -0.15) is 4.37 Å². The van der Waals surface area contributed by atoms with Crippen LogP contribution in [0.25, 0.3) is 0 Å². The first-order valence-electron chi connectivity index (χ1n) is 8.00. The lowest BCUT2D eigenvalue weighted by molar-refractivity contribution is 0.104. The number of β-amino-alcohol motifs (C(OH)–C–C–N with tert-alkyl or cyclic N) is 1. The number of aliphatic hydroxyl groups is 1. The molecule has 0 spiro atoms. The molecule has 1 aliphatic rings. The number of rotatable bonds is 6. The summed E-state index contributed by atoms with van der Waals surface area (Å²) in [6, 6.07) is 0. The van der Waals surface area contributed by atoms with Gasteiger partial charge in [-0.15, -0.1) is 0 Å². The quantitative estimate of drug-likeness (QED) is 0.872. The lowest BCUT2D eigenvalue weighted by Crippen LogP contribution is -2.36. The molecular formula is C15H28N4OS. The van der Waals surface area contributed by atoms with Crippen molar-refractivity contribution in [1.29, 1.82) is 0 Å². The number of hydrogen-bond acceptors (Lipinski definition) is 6. The van der Waals surface area contributed by atoms with Gasteiger partial charge in [0.2, 0.25) is 5.13 Å². The van der Waals surface area contributed by atoms with Gasteiger partial charge in [0, 0.05) is 37.7 Å². The van der Waals surface area contributed by atoms with Crippen LogP contribution in [-0.4, -0.2) is 58.2 Å². The summed E-state index contributed by atoms with van der Waals surface area (Å²) < 4.78 is 4.27. The fraction of sp³-hybridized carbons (Fsp3) is 0.867. The van der Waals surface area contributed by atoms with E-state index >= 15 is 0 Å². The van der Waals surface area contributed by atoms with Gasteiger partial charge in [-0.25, -0.2) is 4.98 Å². The van der Waals surface area contributed by atoms with Crippen molar-refractivity contribution in [3.8, 4) is 0 Å². The molecule has 2 rings (SSSR count). The number of nitrogens with zero attached hydrogens (tertiary/aromatic N) is 4. The summed E-state index contributed by atoms with van der Waals surface area (Å²) in [6.07, 6.45) is 2.94. The van der Waals surface area contributed by atoms with Crippen molar-refractivity contribution in [3.05, 3.63) is 5.82 Å². The Labute approximate surface area is 132 Å². The number of hydrogen-bond donors (Lipinski definition) is 1. The van der Waals surface area contributed by atoms with E-state index in [4.69, 9.17) is 0 Å². The van der Waals surface area contributed by atoms with Crippen LogP contribution in [0, 0.1) is 12.8 Å². The Morgan fingerprint density at radius 3 is 2.67 bits per heavy atom. The highest BCUT2D eigenvalue weighted by atomic mass is 32.1. The summed E-state index contributed by atoms with van der Waals surface area (Å²) in [5, 5.41) is 11.2. The Morgan fingerprint density at radius 1 is 1.19 bits per heavy atom. The minimum atomic E-state index is -0.192. The fourth-order valence-corrected chi connectivity index (χ4v) is 3.40. The zero-order valence-electron chi connectivity index (χ0n) is 13.5. The Balaban J connectivity index is 1.78. The summed E-state index contributed by atoms with van der Waals surface area (Å²) in [4.78, 5) is 9.19. The van der Waals surface area contributed by atoms with Gasteiger partial charge >= 0.3 is 0 Å². The molecule has 1 aromatic rings. The summed E-state index contributed by atoms with van der Waals surface area (Å²) in [5.41, 5.74) is 0. The maximum atomic E-state index is 10.2. The molecule has 0 unspecified atom stereocenters. The van der Waals surface area contributed by atoms with E-state index < -0.39 is 0 Å². The van der Waals surface area contributed by atoms with E-state index in [2.05, 4.69) is 33.0 Å². The Kier molecular flexibility index (Phi) is 6.39. The summed E-state index contributed by atoms with van der Waals surface area (Å²) in [5.74, 6) is 1.53. The van der Waals surface area contributed by atoms with Gasteiger partial charge in [0.1, 0.15) is 5.82 Å². The van der Waals surface area contributed by atoms with Gasteiger partial charge in [0.05, 0.1) is 6.10 Å². The average molecular weight is 312 g/mol. The normalized spacial score (nSPS) is 19.0. The summed E-state index contributed by atoms with van der Waals surface area (Å²) in [7, 11) is 0. The number of aromatic nitrogens is 2. The third-order valence-corrected chi connectivity index (χ3v) is 4.79. The molecule has 0 bridgehead atoms. The molecule has 0 aliphatic carbocycles. The molecule has 0 radical (unpaired) electrons. The van der Waals surface area contributed by atoms with Gasteiger partial charge in [-0.1, -0.05) is 13.8 Å². The van der Waals surface area contributed by atoms with E-state index in [1.807, 2.05) is 6.92 Å². The molecule has 21 heavy (non-hydrogen) atoms. The Bertz CT molecular complexity index is 424. The molecule has 1 fully saturated rings. The molecule has 1 N–H and O–H groups in total. The average Bonchev–Trinajstić information content (AvgIpc) is 2.73. The highest BCUT2D eigenvalue weighted by Gasteiger charge is 2.19. The Morgan fingerprint density at radius 2 is 2.00 bits per heavy atom. The van der Waals surface area contributed by atoms with Gasteiger partial charge < -0.3 is 10.0 Å². The number of anilines is 1. The lowest BCUT2D eigenvalue weighted by atomic mass is 10.0. The van der Waals surface area contributed by atoms with Gasteiger partial charge in [-0.3, -0.25) is 4.90 Å². The predicted octanol–water partition coefficient (Wildman–Crippen LogP) is 2.16. The van der Waals surface area contributed by atoms with Gasteiger partial charge in [0.25, 0.3) is 0 Å². The van der Waals surface area contributed by atoms with Crippen molar-refractivity contribution >= 4 is 16.7 Å². The molecule has 0 amide bonds. The van der Waals surface area contributed by atoms with Crippen LogP contribution < -0.4 is 4.90 Å². The van der Waals surface area contributed by atoms with Crippen molar-refractivity contribution < 1.29 is 5.11 Å². The predicted molar refractivity (Wildman–Crippen MR) is 88.0 cm³/mol. The fourth-order valence-electron chi connectivity index (χ4n) is 2.67. The summed E-state index contributed by atoms with van der Waals surface area (Å²) in [6.45, 7) is 11.2. The van der Waals surface area contributed by atoms with Crippen LogP contribution in [0.15, 0.2) is 0 Å². The standard InChI is InChI=1S/C15H28N4OS/c1-12(2)5-6-14(20)11-18-7-4-8-19(10-9-18)15-16-13(3)17-21-15/h12,14,20H,4-11H2,1-3H3/t14-/m1/s1. The van der Waals surface area contributed by atoms with Crippen LogP contribution in [0.2, 0.25) is 0 Å². The van der Waals surface area contributed by atoms with E-state index in [0.717, 1.165) is 62.9 Å². The second kappa shape index (κ2) is 8.06. The molecule has 0 aromatic carbocycles. The maximum Gasteiger partial charge on any atom is 0.205 e. The van der Waals surface area contributed by atoms with Crippen molar-refractivity contribution in [3.63, 3.8) is 0 Å². The van der Waals surface area contributed by atoms with Crippen LogP contribution in [0.3, 0.4) is 0 Å². The maximum absolute atomic E-state index is 10.2. The molecule has 1 atom stereocenters. The van der Waals surface area contributed by atoms with Crippen LogP contribution in [0.5, 0.6) is 0 Å². The van der Waals surface area contributed by atoms with Crippen LogP contribution >= 0.6 is 11.5 Å². The molecule has 1 saturated heterocycles. The summed E-state index contributed by atoms with van der Waals surface area (Å²) >= 11 is 1.49. The van der Waals surface area contributed by atoms with Crippen LogP contribution in [-0.2, 0) is 0 Å². The smallest absolute Gasteiger partial charge is 0.205 e. The van der Waals surface area contributed by atoms with E-state index in [1.165, 1.54) is 11.5 Å². The largest absolute Gasteiger partial charge is 0.392 e. The van der Waals surface area contributed by atoms with Gasteiger partial charge in [-0.05, 0) is 38.6 Å². The van der Waals surface area contributed by atoms with Crippen molar-refractivity contribution in [2.75, 3.05) is 37.6 Å². The van der Waals surface area contributed by atoms with Crippen molar-refractivity contribution in [2.45, 2.75) is 46.1 Å². The van der Waals surface area contributed by atoms with Crippen molar-refractivity contribution in [2.24, 2.45) is 5.92 Å². The topological polar surface area (TPSA) is 52.5 Å². The third-order valence-electron chi connectivity index (χ3n) is 3.92. The van der Waals surface area contributed by atoms with E-state index in [0.29, 0.717) is 5.92 Å². The van der Waals surface area contributed by atoms with E-state index in [1.54, 1.807) is 0 Å². The first-order chi connectivity index (χ1) is 10.0. The van der Waals surface area contributed by atoms with Crippen LogP contribution in [0.1, 0.15) is 38.9 Å². The highest BCUT2D eigenvalue weighted by Crippen LogP contribution is 2.19. The lowest BCUT2D eigenvalue weighted by Gasteiger charge is -2.24. The zero-order valence-corrected chi connectivity index (χ0v) is 14.3. The molecular weight excluding hydrogens is 284 g/mol. The third kappa shape index (κ3) is 5.52. The minimum absolute atomic E-state index is 0.192. The monoisotopic (exact) mass is 312 g/mol. The van der Waals surface area contributed by atoms with E-state index in [9.17, 15) is 5.11 Å². The molecule has 1 aliphatic heterocycles. The molecule has 0 saturated carbocycles. The number of aliphatic hydroxyl groups excluding tert-OH is 1. The van der Waals surface area contributed by atoms with E-state index in [-0.39, 0.29) is 6.10 Å². The van der Waals surface area contributed by atoms with Crippen molar-refractivity contribution in [1.82, 2.24) is 14.3 Å². The highest BCUT2D eigenvalue weighted by molar-refractivity contribution is 7.09. The zero-order chi connectivity index (χ0) is 15.2. The first kappa shape index (κ1) is 16.6. The van der Waals surface area contributed by atoms with Crippen LogP contribution in [0.4, 0.5) is 5.13 Å². The Hall–Kier alpha value is -0.720. The SMILES string of the molecule is Cc1nsc(N2CCCN(C[C@H](O)CCC(C)C)CC2)n1. The minimum Gasteiger partial charge on any atom is -0.392 e. The molecule has 2 heterocycles. The van der Waals surface area contributed by atoms with Gasteiger partial charge in [0.15, 0.2) is 0 Å². The second-order valence-electron chi connectivity index (χ2n) is 6.39.